The van der Waals surface area contributed by atoms with Crippen LogP contribution in [0.25, 0.3) is 10.9 Å². The lowest BCUT2D eigenvalue weighted by Gasteiger charge is -2.11. The standard InChI is InChI=1S/C21H21NO3/c1-24-21(23)14-25-20-9-5-8-18-17(20)12-19(16-10-11-16)22(18)13-15-6-3-2-4-7-15/h2-9,12,16H,10-11,13-14H2,1H3. The van der Waals surface area contributed by atoms with Crippen LogP contribution in [-0.2, 0) is 16.1 Å². The Hall–Kier alpha value is -2.75. The molecule has 1 aliphatic carbocycles. The van der Waals surface area contributed by atoms with Gasteiger partial charge in [-0.15, -0.1) is 0 Å². The van der Waals surface area contributed by atoms with Crippen molar-refractivity contribution in [2.75, 3.05) is 13.7 Å². The molecule has 1 aliphatic rings. The second kappa shape index (κ2) is 6.63. The first-order valence-corrected chi connectivity index (χ1v) is 8.62. The summed E-state index contributed by atoms with van der Waals surface area (Å²) < 4.78 is 12.8. The van der Waals surface area contributed by atoms with Crippen molar-refractivity contribution in [3.8, 4) is 5.75 Å². The predicted octanol–water partition coefficient (Wildman–Crippen LogP) is 4.12. The number of aromatic nitrogens is 1. The normalized spacial score (nSPS) is 13.8. The number of hydrogen-bond acceptors (Lipinski definition) is 3. The van der Waals surface area contributed by atoms with Gasteiger partial charge in [-0.2, -0.15) is 0 Å². The van der Waals surface area contributed by atoms with E-state index in [1.54, 1.807) is 0 Å². The van der Waals surface area contributed by atoms with Crippen molar-refractivity contribution in [3.63, 3.8) is 0 Å². The third-order valence-corrected chi connectivity index (χ3v) is 4.69. The van der Waals surface area contributed by atoms with Crippen molar-refractivity contribution < 1.29 is 14.3 Å². The molecule has 1 saturated carbocycles. The lowest BCUT2D eigenvalue weighted by Crippen LogP contribution is -2.12. The van der Waals surface area contributed by atoms with Gasteiger partial charge >= 0.3 is 5.97 Å². The molecule has 2 aromatic carbocycles. The quantitative estimate of drug-likeness (QED) is 0.636. The Morgan fingerprint density at radius 1 is 1.12 bits per heavy atom. The minimum atomic E-state index is -0.372. The van der Waals surface area contributed by atoms with E-state index in [-0.39, 0.29) is 12.6 Å². The maximum atomic E-state index is 11.4. The molecule has 0 radical (unpaired) electrons. The fraction of sp³-hybridized carbons (Fsp3) is 0.286. The minimum Gasteiger partial charge on any atom is -0.481 e. The lowest BCUT2D eigenvalue weighted by molar-refractivity contribution is -0.142. The summed E-state index contributed by atoms with van der Waals surface area (Å²) in [4.78, 5) is 11.4. The maximum absolute atomic E-state index is 11.4. The van der Waals surface area contributed by atoms with Crippen LogP contribution < -0.4 is 4.74 Å². The molecule has 1 aromatic heterocycles. The minimum absolute atomic E-state index is 0.0712. The van der Waals surface area contributed by atoms with Crippen LogP contribution in [0.2, 0.25) is 0 Å². The van der Waals surface area contributed by atoms with Crippen molar-refractivity contribution >= 4 is 16.9 Å². The summed E-state index contributed by atoms with van der Waals surface area (Å²) in [5.74, 6) is 0.990. The molecule has 1 heterocycles. The lowest BCUT2D eigenvalue weighted by atomic mass is 10.2. The molecule has 0 unspecified atom stereocenters. The number of methoxy groups -OCH3 is 1. The van der Waals surface area contributed by atoms with E-state index < -0.39 is 0 Å². The first kappa shape index (κ1) is 15.8. The van der Waals surface area contributed by atoms with E-state index in [0.29, 0.717) is 5.92 Å². The first-order chi connectivity index (χ1) is 12.3. The predicted molar refractivity (Wildman–Crippen MR) is 97.0 cm³/mol. The molecule has 3 aromatic rings. The average molecular weight is 335 g/mol. The van der Waals surface area contributed by atoms with E-state index in [4.69, 9.17) is 4.74 Å². The van der Waals surface area contributed by atoms with E-state index in [2.05, 4.69) is 45.7 Å². The molecule has 0 aliphatic heterocycles. The Bertz CT molecular complexity index is 894. The summed E-state index contributed by atoms with van der Waals surface area (Å²) in [7, 11) is 1.37. The molecular weight excluding hydrogens is 314 g/mol. The number of carbonyl (C=O) groups excluding carboxylic acids is 1. The average Bonchev–Trinajstić information content (AvgIpc) is 3.43. The maximum Gasteiger partial charge on any atom is 0.343 e. The number of ether oxygens (including phenoxy) is 2. The largest absolute Gasteiger partial charge is 0.481 e. The third kappa shape index (κ3) is 3.25. The Morgan fingerprint density at radius 2 is 1.92 bits per heavy atom. The smallest absolute Gasteiger partial charge is 0.343 e. The molecule has 0 atom stereocenters. The molecule has 0 bridgehead atoms. The fourth-order valence-electron chi connectivity index (χ4n) is 3.26. The number of carbonyl (C=O) groups is 1. The van der Waals surface area contributed by atoms with Crippen LogP contribution in [0.4, 0.5) is 0 Å². The van der Waals surface area contributed by atoms with Gasteiger partial charge in [0.25, 0.3) is 0 Å². The molecule has 0 spiro atoms. The molecule has 128 valence electrons. The molecule has 4 nitrogen and oxygen atoms in total. The monoisotopic (exact) mass is 335 g/mol. The van der Waals surface area contributed by atoms with Crippen LogP contribution in [-0.4, -0.2) is 24.3 Å². The number of fused-ring (bicyclic) bond motifs is 1. The van der Waals surface area contributed by atoms with Crippen LogP contribution in [0.3, 0.4) is 0 Å². The zero-order valence-corrected chi connectivity index (χ0v) is 14.3. The zero-order chi connectivity index (χ0) is 17.2. The first-order valence-electron chi connectivity index (χ1n) is 8.62. The zero-order valence-electron chi connectivity index (χ0n) is 14.3. The van der Waals surface area contributed by atoms with E-state index >= 15 is 0 Å². The topological polar surface area (TPSA) is 40.5 Å². The van der Waals surface area contributed by atoms with Gasteiger partial charge in [0.1, 0.15) is 5.75 Å². The Morgan fingerprint density at radius 3 is 2.64 bits per heavy atom. The van der Waals surface area contributed by atoms with Crippen LogP contribution >= 0.6 is 0 Å². The van der Waals surface area contributed by atoms with Gasteiger partial charge < -0.3 is 14.0 Å². The van der Waals surface area contributed by atoms with Crippen molar-refractivity contribution in [1.82, 2.24) is 4.57 Å². The summed E-state index contributed by atoms with van der Waals surface area (Å²) in [5, 5.41) is 1.06. The fourth-order valence-corrected chi connectivity index (χ4v) is 3.26. The van der Waals surface area contributed by atoms with E-state index in [1.807, 2.05) is 18.2 Å². The highest BCUT2D eigenvalue weighted by molar-refractivity contribution is 5.88. The number of nitrogens with zero attached hydrogens (tertiary/aromatic N) is 1. The van der Waals surface area contributed by atoms with E-state index in [9.17, 15) is 4.79 Å². The summed E-state index contributed by atoms with van der Waals surface area (Å²) in [6, 6.07) is 18.7. The molecular formula is C21H21NO3. The van der Waals surface area contributed by atoms with E-state index in [1.165, 1.54) is 31.2 Å². The van der Waals surface area contributed by atoms with Gasteiger partial charge in [0.2, 0.25) is 0 Å². The summed E-state index contributed by atoms with van der Waals surface area (Å²) in [6.07, 6.45) is 2.48. The summed E-state index contributed by atoms with van der Waals surface area (Å²) >= 11 is 0. The SMILES string of the molecule is COC(=O)COc1cccc2c1cc(C1CC1)n2Cc1ccccc1. The number of rotatable bonds is 6. The van der Waals surface area contributed by atoms with Crippen LogP contribution in [0.5, 0.6) is 5.75 Å². The molecule has 0 saturated heterocycles. The summed E-state index contributed by atoms with van der Waals surface area (Å²) in [5.41, 5.74) is 3.78. The van der Waals surface area contributed by atoms with Gasteiger partial charge in [0.15, 0.2) is 6.61 Å². The second-order valence-corrected chi connectivity index (χ2v) is 6.47. The van der Waals surface area contributed by atoms with Gasteiger partial charge in [0, 0.05) is 17.6 Å². The van der Waals surface area contributed by atoms with Crippen LogP contribution in [0.15, 0.2) is 54.6 Å². The van der Waals surface area contributed by atoms with E-state index in [0.717, 1.165) is 23.2 Å². The van der Waals surface area contributed by atoms with Gasteiger partial charge in [-0.05, 0) is 42.5 Å². The molecule has 0 amide bonds. The van der Waals surface area contributed by atoms with Crippen molar-refractivity contribution in [2.24, 2.45) is 0 Å². The van der Waals surface area contributed by atoms with Crippen LogP contribution in [0, 0.1) is 0 Å². The second-order valence-electron chi connectivity index (χ2n) is 6.47. The van der Waals surface area contributed by atoms with Crippen LogP contribution in [0.1, 0.15) is 30.0 Å². The number of esters is 1. The van der Waals surface area contributed by atoms with Gasteiger partial charge in [0.05, 0.1) is 12.6 Å². The van der Waals surface area contributed by atoms with Crippen molar-refractivity contribution in [3.05, 3.63) is 65.9 Å². The highest BCUT2D eigenvalue weighted by atomic mass is 16.6. The Kier molecular flexibility index (Phi) is 4.18. The molecule has 0 N–H and O–H groups in total. The molecule has 1 fully saturated rings. The van der Waals surface area contributed by atoms with Gasteiger partial charge in [-0.3, -0.25) is 0 Å². The van der Waals surface area contributed by atoms with Gasteiger partial charge in [-0.1, -0.05) is 36.4 Å². The summed E-state index contributed by atoms with van der Waals surface area (Å²) in [6.45, 7) is 0.773. The molecule has 4 rings (SSSR count). The van der Waals surface area contributed by atoms with Gasteiger partial charge in [-0.25, -0.2) is 4.79 Å². The molecule has 4 heteroatoms. The Labute approximate surface area is 147 Å². The van der Waals surface area contributed by atoms with Crippen molar-refractivity contribution in [1.29, 1.82) is 0 Å². The highest BCUT2D eigenvalue weighted by Gasteiger charge is 2.28. The van der Waals surface area contributed by atoms with Crippen molar-refractivity contribution in [2.45, 2.75) is 25.3 Å². The Balaban J connectivity index is 1.73. The third-order valence-electron chi connectivity index (χ3n) is 4.69. The molecule has 25 heavy (non-hydrogen) atoms. The highest BCUT2D eigenvalue weighted by Crippen LogP contribution is 2.43. The number of hydrogen-bond donors (Lipinski definition) is 0. The number of benzene rings is 2.